The van der Waals surface area contributed by atoms with Gasteiger partial charge in [0.1, 0.15) is 5.82 Å². The van der Waals surface area contributed by atoms with Crippen molar-refractivity contribution in [3.8, 4) is 10.7 Å². The lowest BCUT2D eigenvalue weighted by Crippen LogP contribution is -1.84. The first kappa shape index (κ1) is 11.4. The summed E-state index contributed by atoms with van der Waals surface area (Å²) in [4.78, 5) is 10.7. The molecule has 3 rings (SSSR count). The highest BCUT2D eigenvalue weighted by atomic mass is 32.2. The van der Waals surface area contributed by atoms with Gasteiger partial charge < -0.3 is 0 Å². The quantitative estimate of drug-likeness (QED) is 0.742. The van der Waals surface area contributed by atoms with Gasteiger partial charge in [0.05, 0.1) is 10.6 Å². The number of nitrogens with one attached hydrogen (secondary N) is 1. The molecule has 0 spiro atoms. The monoisotopic (exact) mass is 274 g/mol. The van der Waals surface area contributed by atoms with Crippen LogP contribution >= 0.6 is 23.1 Å². The molecule has 3 heterocycles. The average molecular weight is 274 g/mol. The molecule has 0 amide bonds. The minimum atomic E-state index is 0.773. The second kappa shape index (κ2) is 5.32. The van der Waals surface area contributed by atoms with Crippen LogP contribution in [0.4, 0.5) is 0 Å². The molecule has 6 heteroatoms. The summed E-state index contributed by atoms with van der Waals surface area (Å²) in [6.07, 6.45) is 3.58. The zero-order valence-electron chi connectivity index (χ0n) is 9.41. The van der Waals surface area contributed by atoms with Crippen molar-refractivity contribution in [2.24, 2.45) is 0 Å². The highest BCUT2D eigenvalue weighted by molar-refractivity contribution is 7.98. The zero-order chi connectivity index (χ0) is 12.2. The molecule has 0 saturated carbocycles. The number of thiophene rings is 1. The molecule has 4 nitrogen and oxygen atoms in total. The van der Waals surface area contributed by atoms with Crippen LogP contribution in [0.3, 0.4) is 0 Å². The molecule has 0 radical (unpaired) electrons. The summed E-state index contributed by atoms with van der Waals surface area (Å²) in [5.41, 5.74) is 0. The predicted octanol–water partition coefficient (Wildman–Crippen LogP) is 3.22. The molecule has 90 valence electrons. The third kappa shape index (κ3) is 2.60. The summed E-state index contributed by atoms with van der Waals surface area (Å²) in [7, 11) is 0. The van der Waals surface area contributed by atoms with E-state index in [2.05, 4.69) is 20.2 Å². The second-order valence-corrected chi connectivity index (χ2v) is 5.55. The molecule has 3 aromatic rings. The molecule has 3 aromatic heterocycles. The van der Waals surface area contributed by atoms with Gasteiger partial charge in [0.25, 0.3) is 0 Å². The van der Waals surface area contributed by atoms with Gasteiger partial charge in [-0.25, -0.2) is 4.98 Å². The molecule has 1 N–H and O–H groups in total. The van der Waals surface area contributed by atoms with Gasteiger partial charge in [-0.2, -0.15) is 5.10 Å². The first-order valence-electron chi connectivity index (χ1n) is 5.40. The lowest BCUT2D eigenvalue weighted by Gasteiger charge is -1.96. The molecule has 0 aromatic carbocycles. The van der Waals surface area contributed by atoms with E-state index < -0.39 is 0 Å². The number of aromatic nitrogens is 4. The standard InChI is InChI=1S/C12H10N4S2/c1-2-10(17-7-1)12-14-11(15-16-12)8-18-9-3-5-13-6-4-9/h1-7H,8H2,(H,14,15,16). The fourth-order valence-electron chi connectivity index (χ4n) is 1.46. The van der Waals surface area contributed by atoms with Crippen molar-refractivity contribution in [3.05, 3.63) is 47.9 Å². The number of hydrogen-bond donors (Lipinski definition) is 1. The van der Waals surface area contributed by atoms with Gasteiger partial charge in [0.2, 0.25) is 0 Å². The van der Waals surface area contributed by atoms with Gasteiger partial charge in [0.15, 0.2) is 5.82 Å². The van der Waals surface area contributed by atoms with Crippen LogP contribution in [0.15, 0.2) is 46.9 Å². The lowest BCUT2D eigenvalue weighted by molar-refractivity contribution is 1.03. The maximum Gasteiger partial charge on any atom is 0.191 e. The van der Waals surface area contributed by atoms with Crippen LogP contribution in [0.5, 0.6) is 0 Å². The van der Waals surface area contributed by atoms with E-state index >= 15 is 0 Å². The van der Waals surface area contributed by atoms with Crippen LogP contribution in [0.1, 0.15) is 5.82 Å². The Hall–Kier alpha value is -1.66. The van der Waals surface area contributed by atoms with E-state index in [1.54, 1.807) is 35.5 Å². The van der Waals surface area contributed by atoms with E-state index in [0.29, 0.717) is 0 Å². The summed E-state index contributed by atoms with van der Waals surface area (Å²) in [5.74, 6) is 2.44. The number of rotatable bonds is 4. The Morgan fingerprint density at radius 1 is 1.22 bits per heavy atom. The zero-order valence-corrected chi connectivity index (χ0v) is 11.0. The molecule has 0 bridgehead atoms. The fourth-order valence-corrected chi connectivity index (χ4v) is 2.87. The van der Waals surface area contributed by atoms with Crippen LogP contribution in [0.25, 0.3) is 10.7 Å². The molecule has 0 unspecified atom stereocenters. The van der Waals surface area contributed by atoms with Crippen LogP contribution in [-0.4, -0.2) is 20.2 Å². The van der Waals surface area contributed by atoms with Crippen molar-refractivity contribution < 1.29 is 0 Å². The first-order chi connectivity index (χ1) is 8.92. The number of thioether (sulfide) groups is 1. The molecule has 0 fully saturated rings. The SMILES string of the molecule is c1csc(-c2n[nH]c(CSc3ccncc3)n2)c1. The molecule has 0 aliphatic rings. The average Bonchev–Trinajstić information content (AvgIpc) is 3.08. The van der Waals surface area contributed by atoms with E-state index in [1.807, 2.05) is 29.6 Å². The highest BCUT2D eigenvalue weighted by Gasteiger charge is 2.06. The minimum absolute atomic E-state index is 0.773. The van der Waals surface area contributed by atoms with Crippen LogP contribution in [0.2, 0.25) is 0 Å². The Morgan fingerprint density at radius 3 is 2.89 bits per heavy atom. The van der Waals surface area contributed by atoms with E-state index in [9.17, 15) is 0 Å². The number of aromatic amines is 1. The van der Waals surface area contributed by atoms with E-state index in [1.165, 1.54) is 4.90 Å². The van der Waals surface area contributed by atoms with Crippen molar-refractivity contribution in [2.45, 2.75) is 10.6 Å². The lowest BCUT2D eigenvalue weighted by atomic mass is 10.4. The van der Waals surface area contributed by atoms with Gasteiger partial charge in [0, 0.05) is 17.3 Å². The molecule has 0 atom stereocenters. The number of pyridine rings is 1. The molecule has 0 saturated heterocycles. The Morgan fingerprint density at radius 2 is 2.11 bits per heavy atom. The molecular formula is C12H10N4S2. The summed E-state index contributed by atoms with van der Waals surface area (Å²) in [6, 6.07) is 8.00. The fraction of sp³-hybridized carbons (Fsp3) is 0.0833. The summed E-state index contributed by atoms with van der Waals surface area (Å²) >= 11 is 3.36. The molecule has 18 heavy (non-hydrogen) atoms. The first-order valence-corrected chi connectivity index (χ1v) is 7.26. The number of hydrogen-bond acceptors (Lipinski definition) is 5. The Kier molecular flexibility index (Phi) is 3.38. The van der Waals surface area contributed by atoms with Crippen molar-refractivity contribution >= 4 is 23.1 Å². The van der Waals surface area contributed by atoms with E-state index in [0.717, 1.165) is 22.3 Å². The largest absolute Gasteiger partial charge is 0.265 e. The van der Waals surface area contributed by atoms with Gasteiger partial charge in [-0.15, -0.1) is 23.1 Å². The van der Waals surface area contributed by atoms with Crippen LogP contribution < -0.4 is 0 Å². The van der Waals surface area contributed by atoms with Crippen molar-refractivity contribution in [1.29, 1.82) is 0 Å². The maximum absolute atomic E-state index is 4.48. The Labute approximate surface area is 113 Å². The predicted molar refractivity (Wildman–Crippen MR) is 73.5 cm³/mol. The molecular weight excluding hydrogens is 264 g/mol. The third-order valence-electron chi connectivity index (χ3n) is 2.30. The summed E-state index contributed by atoms with van der Waals surface area (Å²) < 4.78 is 0. The van der Waals surface area contributed by atoms with Gasteiger partial charge in [-0.1, -0.05) is 6.07 Å². The summed E-state index contributed by atoms with van der Waals surface area (Å²) in [6.45, 7) is 0. The molecule has 0 aliphatic heterocycles. The van der Waals surface area contributed by atoms with Gasteiger partial charge in [-0.05, 0) is 23.6 Å². The number of nitrogens with zero attached hydrogens (tertiary/aromatic N) is 3. The van der Waals surface area contributed by atoms with Crippen LogP contribution in [0, 0.1) is 0 Å². The molecule has 0 aliphatic carbocycles. The normalized spacial score (nSPS) is 10.7. The van der Waals surface area contributed by atoms with Crippen molar-refractivity contribution in [1.82, 2.24) is 20.2 Å². The maximum atomic E-state index is 4.48. The topological polar surface area (TPSA) is 54.5 Å². The van der Waals surface area contributed by atoms with Crippen molar-refractivity contribution in [2.75, 3.05) is 0 Å². The minimum Gasteiger partial charge on any atom is -0.265 e. The van der Waals surface area contributed by atoms with Gasteiger partial charge >= 0.3 is 0 Å². The van der Waals surface area contributed by atoms with E-state index in [-0.39, 0.29) is 0 Å². The smallest absolute Gasteiger partial charge is 0.191 e. The van der Waals surface area contributed by atoms with Gasteiger partial charge in [-0.3, -0.25) is 10.1 Å². The third-order valence-corrected chi connectivity index (χ3v) is 4.19. The summed E-state index contributed by atoms with van der Waals surface area (Å²) in [5, 5.41) is 9.22. The van der Waals surface area contributed by atoms with E-state index in [4.69, 9.17) is 0 Å². The second-order valence-electron chi connectivity index (χ2n) is 3.55. The van der Waals surface area contributed by atoms with Crippen molar-refractivity contribution in [3.63, 3.8) is 0 Å². The number of H-pyrrole nitrogens is 1. The van der Waals surface area contributed by atoms with Crippen LogP contribution in [-0.2, 0) is 5.75 Å². The Balaban J connectivity index is 1.68. The Bertz CT molecular complexity index is 604. The highest BCUT2D eigenvalue weighted by Crippen LogP contribution is 2.23.